The quantitative estimate of drug-likeness (QED) is 0.285. The van der Waals surface area contributed by atoms with Crippen molar-refractivity contribution in [2.45, 2.75) is 63.1 Å². The second kappa shape index (κ2) is 10.5. The van der Waals surface area contributed by atoms with E-state index in [1.54, 1.807) is 12.1 Å². The number of ether oxygens (including phenoxy) is 2. The molecule has 2 aromatic carbocycles. The third-order valence-electron chi connectivity index (χ3n) is 8.79. The molecule has 2 saturated heterocycles. The number of amides is 2. The first-order valence-corrected chi connectivity index (χ1v) is 13.5. The van der Waals surface area contributed by atoms with Crippen LogP contribution in [0.4, 0.5) is 5.69 Å². The van der Waals surface area contributed by atoms with Gasteiger partial charge < -0.3 is 14.6 Å². The van der Waals surface area contributed by atoms with E-state index in [4.69, 9.17) is 9.47 Å². The number of carboxylic acids is 1. The van der Waals surface area contributed by atoms with Gasteiger partial charge in [-0.25, -0.2) is 0 Å². The number of imide groups is 1. The molecule has 0 aromatic heterocycles. The first-order valence-electron chi connectivity index (χ1n) is 13.5. The molecule has 11 nitrogen and oxygen atoms in total. The van der Waals surface area contributed by atoms with Crippen LogP contribution in [0, 0.1) is 28.9 Å². The minimum atomic E-state index is -1.83. The van der Waals surface area contributed by atoms with Gasteiger partial charge in [0.1, 0.15) is 17.0 Å². The van der Waals surface area contributed by atoms with E-state index in [0.717, 1.165) is 19.3 Å². The van der Waals surface area contributed by atoms with E-state index in [-0.39, 0.29) is 24.1 Å². The van der Waals surface area contributed by atoms with Crippen molar-refractivity contribution in [1.82, 2.24) is 10.2 Å². The fourth-order valence-corrected chi connectivity index (χ4v) is 6.92. The van der Waals surface area contributed by atoms with Gasteiger partial charge in [-0.15, -0.1) is 0 Å². The van der Waals surface area contributed by atoms with Crippen LogP contribution in [-0.2, 0) is 20.8 Å². The number of hydrogen-bond donors (Lipinski definition) is 2. The van der Waals surface area contributed by atoms with E-state index in [1.165, 1.54) is 43.4 Å². The number of rotatable bonds is 8. The summed E-state index contributed by atoms with van der Waals surface area (Å²) < 4.78 is 11.2. The summed E-state index contributed by atoms with van der Waals surface area (Å²) in [6.45, 7) is 1.81. The van der Waals surface area contributed by atoms with E-state index >= 15 is 0 Å². The number of nitro groups is 1. The van der Waals surface area contributed by atoms with Crippen LogP contribution < -0.4 is 14.8 Å². The number of hydrogen-bond acceptors (Lipinski definition) is 8. The molecule has 4 atom stereocenters. The number of nitrogens with zero attached hydrogens (tertiary/aromatic N) is 2. The van der Waals surface area contributed by atoms with Crippen LogP contribution in [0.15, 0.2) is 36.4 Å². The first-order chi connectivity index (χ1) is 19.1. The molecular formula is C29H33N3O8. The molecule has 0 bridgehead atoms. The Morgan fingerprint density at radius 2 is 1.75 bits per heavy atom. The van der Waals surface area contributed by atoms with Crippen LogP contribution in [0.3, 0.4) is 0 Å². The van der Waals surface area contributed by atoms with E-state index in [0.29, 0.717) is 41.0 Å². The molecule has 40 heavy (non-hydrogen) atoms. The Balaban J connectivity index is 1.64. The molecule has 3 aliphatic rings. The average Bonchev–Trinajstić information content (AvgIpc) is 3.42. The number of nitro benzene ring substituents is 1. The lowest BCUT2D eigenvalue weighted by Gasteiger charge is -2.35. The zero-order valence-corrected chi connectivity index (χ0v) is 22.7. The van der Waals surface area contributed by atoms with Gasteiger partial charge in [-0.05, 0) is 31.4 Å². The number of non-ortho nitro benzene ring substituents is 1. The van der Waals surface area contributed by atoms with Gasteiger partial charge in [0.25, 0.3) is 5.69 Å². The highest BCUT2D eigenvalue weighted by Crippen LogP contribution is 2.53. The van der Waals surface area contributed by atoms with E-state index < -0.39 is 40.2 Å². The average molecular weight is 552 g/mol. The normalized spacial score (nSPS) is 26.6. The molecule has 2 amide bonds. The fourth-order valence-electron chi connectivity index (χ4n) is 6.92. The topological polar surface area (TPSA) is 148 Å². The van der Waals surface area contributed by atoms with Crippen LogP contribution in [0.5, 0.6) is 11.5 Å². The van der Waals surface area contributed by atoms with Gasteiger partial charge in [-0.2, -0.15) is 0 Å². The molecule has 2 aromatic rings. The highest BCUT2D eigenvalue weighted by Gasteiger charge is 2.69. The number of likely N-dealkylation sites (tertiary alicyclic amines) is 1. The maximum absolute atomic E-state index is 14.1. The summed E-state index contributed by atoms with van der Waals surface area (Å²) in [4.78, 5) is 53.4. The molecule has 0 spiro atoms. The number of carbonyl (C=O) groups is 3. The van der Waals surface area contributed by atoms with E-state index in [1.807, 2.05) is 6.92 Å². The molecule has 3 fully saturated rings. The van der Waals surface area contributed by atoms with Crippen LogP contribution in [0.2, 0.25) is 0 Å². The van der Waals surface area contributed by atoms with E-state index in [2.05, 4.69) is 5.32 Å². The predicted molar refractivity (Wildman–Crippen MR) is 143 cm³/mol. The molecule has 1 saturated carbocycles. The second-order valence-electron chi connectivity index (χ2n) is 10.9. The molecule has 1 aliphatic carbocycles. The van der Waals surface area contributed by atoms with Crippen molar-refractivity contribution in [3.05, 3.63) is 63.2 Å². The second-order valence-corrected chi connectivity index (χ2v) is 10.9. The SMILES string of the molecule is COc1ccc(C2NC(Cc3ccc([N+](=O)[O-])cc3)(C(=O)O)C3C(=O)N(C4CCCCC4)C(=O)C23)c(OC)c1C. The largest absolute Gasteiger partial charge is 0.496 e. The van der Waals surface area contributed by atoms with Gasteiger partial charge in [-0.3, -0.25) is 34.7 Å². The molecule has 2 heterocycles. The first kappa shape index (κ1) is 27.6. The molecule has 4 unspecified atom stereocenters. The Labute approximate surface area is 231 Å². The zero-order valence-electron chi connectivity index (χ0n) is 22.7. The van der Waals surface area contributed by atoms with Gasteiger partial charge in [-0.1, -0.05) is 37.5 Å². The number of carboxylic acid groups (broad SMARTS) is 1. The highest BCUT2D eigenvalue weighted by atomic mass is 16.6. The summed E-state index contributed by atoms with van der Waals surface area (Å²) in [5, 5.41) is 25.1. The lowest BCUT2D eigenvalue weighted by molar-refractivity contribution is -0.384. The molecule has 0 radical (unpaired) electrons. The van der Waals surface area contributed by atoms with Crippen molar-refractivity contribution in [1.29, 1.82) is 0 Å². The third kappa shape index (κ3) is 4.28. The van der Waals surface area contributed by atoms with Crippen LogP contribution >= 0.6 is 0 Å². The molecule has 2 aliphatic heterocycles. The van der Waals surface area contributed by atoms with E-state index in [9.17, 15) is 29.6 Å². The molecule has 2 N–H and O–H groups in total. The van der Waals surface area contributed by atoms with Crippen LogP contribution in [-0.4, -0.2) is 58.5 Å². The lowest BCUT2D eigenvalue weighted by Crippen LogP contribution is -2.58. The van der Waals surface area contributed by atoms with Crippen LogP contribution in [0.25, 0.3) is 0 Å². The summed E-state index contributed by atoms with van der Waals surface area (Å²) in [5.41, 5.74) is -0.217. The summed E-state index contributed by atoms with van der Waals surface area (Å²) in [7, 11) is 3.03. The van der Waals surface area contributed by atoms with Crippen molar-refractivity contribution in [2.75, 3.05) is 14.2 Å². The summed E-state index contributed by atoms with van der Waals surface area (Å²) in [6.07, 6.45) is 4.08. The number of fused-ring (bicyclic) bond motifs is 1. The number of nitrogens with one attached hydrogen (secondary N) is 1. The predicted octanol–water partition coefficient (Wildman–Crippen LogP) is 3.56. The fraction of sp³-hybridized carbons (Fsp3) is 0.483. The highest BCUT2D eigenvalue weighted by molar-refractivity contribution is 6.10. The Kier molecular flexibility index (Phi) is 7.26. The minimum absolute atomic E-state index is 0.128. The molecule has 11 heteroatoms. The van der Waals surface area contributed by atoms with Crippen molar-refractivity contribution in [3.8, 4) is 11.5 Å². The third-order valence-corrected chi connectivity index (χ3v) is 8.79. The molecule has 212 valence electrons. The van der Waals surface area contributed by atoms with Gasteiger partial charge >= 0.3 is 5.97 Å². The maximum atomic E-state index is 14.1. The summed E-state index contributed by atoms with van der Waals surface area (Å²) >= 11 is 0. The molecule has 5 rings (SSSR count). The molecular weight excluding hydrogens is 518 g/mol. The standard InChI is InChI=1S/C29H33N3O8/c1-16-21(39-2)14-13-20(25(16)40-3)24-22-23(27(34)31(26(22)33)18-7-5-4-6-8-18)29(30-24,28(35)36)15-17-9-11-19(12-10-17)32(37)38/h9-14,18,22-24,30H,4-8,15H2,1-3H3,(H,35,36). The number of methoxy groups -OCH3 is 2. The smallest absolute Gasteiger partial charge is 0.325 e. The van der Waals surface area contributed by atoms with Crippen molar-refractivity contribution < 1.29 is 33.9 Å². The summed E-state index contributed by atoms with van der Waals surface area (Å²) in [6, 6.07) is 7.98. The minimum Gasteiger partial charge on any atom is -0.496 e. The zero-order chi connectivity index (χ0) is 28.8. The maximum Gasteiger partial charge on any atom is 0.325 e. The Morgan fingerprint density at radius 1 is 1.07 bits per heavy atom. The Morgan fingerprint density at radius 3 is 2.33 bits per heavy atom. The lowest BCUT2D eigenvalue weighted by atomic mass is 9.76. The van der Waals surface area contributed by atoms with Gasteiger partial charge in [0.05, 0.1) is 31.0 Å². The Bertz CT molecular complexity index is 1350. The van der Waals surface area contributed by atoms with Gasteiger partial charge in [0.2, 0.25) is 11.8 Å². The van der Waals surface area contributed by atoms with Gasteiger partial charge in [0, 0.05) is 41.8 Å². The van der Waals surface area contributed by atoms with Crippen molar-refractivity contribution in [3.63, 3.8) is 0 Å². The van der Waals surface area contributed by atoms with Crippen LogP contribution in [0.1, 0.15) is 54.8 Å². The van der Waals surface area contributed by atoms with Crippen molar-refractivity contribution in [2.24, 2.45) is 11.8 Å². The van der Waals surface area contributed by atoms with Crippen molar-refractivity contribution >= 4 is 23.5 Å². The summed E-state index contributed by atoms with van der Waals surface area (Å²) in [5.74, 6) is -3.24. The van der Waals surface area contributed by atoms with Gasteiger partial charge in [0.15, 0.2) is 0 Å². The Hall–Kier alpha value is -3.99. The number of carbonyl (C=O) groups excluding carboxylic acids is 2. The number of benzene rings is 2. The number of aliphatic carboxylic acids is 1. The monoisotopic (exact) mass is 551 g/mol.